The topological polar surface area (TPSA) is 32.3 Å². The Kier molecular flexibility index (Phi) is 6.88. The van der Waals surface area contributed by atoms with Gasteiger partial charge in [0.05, 0.1) is 0 Å². The monoisotopic (exact) mass is 244 g/mol. The minimum Gasteiger partial charge on any atom is -0.341 e. The number of rotatable bonds is 7. The second-order valence-corrected chi connectivity index (χ2v) is 5.36. The Bertz CT molecular complexity index is 205. The number of hydrogen-bond donors (Lipinski definition) is 1. The summed E-state index contributed by atoms with van der Waals surface area (Å²) in [6.45, 7) is 5.06. The Morgan fingerprint density at radius 3 is 2.94 bits per heavy atom. The third kappa shape index (κ3) is 4.74. The van der Waals surface area contributed by atoms with Crippen molar-refractivity contribution < 1.29 is 4.79 Å². The average Bonchev–Trinajstić information content (AvgIpc) is 2.78. The van der Waals surface area contributed by atoms with Crippen molar-refractivity contribution in [3.05, 3.63) is 0 Å². The van der Waals surface area contributed by atoms with Crippen molar-refractivity contribution in [2.24, 2.45) is 0 Å². The van der Waals surface area contributed by atoms with E-state index in [-0.39, 0.29) is 0 Å². The molecule has 1 heterocycles. The molecular weight excluding hydrogens is 220 g/mol. The number of hydrogen-bond acceptors (Lipinski definition) is 3. The summed E-state index contributed by atoms with van der Waals surface area (Å²) in [5, 5.41) is 3.46. The molecule has 1 unspecified atom stereocenters. The summed E-state index contributed by atoms with van der Waals surface area (Å²) < 4.78 is 0. The highest BCUT2D eigenvalue weighted by molar-refractivity contribution is 7.98. The predicted molar refractivity (Wildman–Crippen MR) is 70.9 cm³/mol. The van der Waals surface area contributed by atoms with Crippen LogP contribution in [0.25, 0.3) is 0 Å². The predicted octanol–water partition coefficient (Wildman–Crippen LogP) is 1.73. The van der Waals surface area contributed by atoms with Gasteiger partial charge in [0.25, 0.3) is 0 Å². The molecule has 1 N–H and O–H groups in total. The van der Waals surface area contributed by atoms with E-state index >= 15 is 0 Å². The maximum atomic E-state index is 12.0. The highest BCUT2D eigenvalue weighted by Gasteiger charge is 2.20. The Labute approximate surface area is 103 Å². The molecule has 4 heteroatoms. The van der Waals surface area contributed by atoms with E-state index in [2.05, 4.69) is 18.5 Å². The first kappa shape index (κ1) is 13.8. The van der Waals surface area contributed by atoms with Crippen molar-refractivity contribution in [1.82, 2.24) is 10.2 Å². The van der Waals surface area contributed by atoms with E-state index in [0.29, 0.717) is 18.4 Å². The Morgan fingerprint density at radius 1 is 1.56 bits per heavy atom. The van der Waals surface area contributed by atoms with E-state index in [1.54, 1.807) is 11.8 Å². The summed E-state index contributed by atoms with van der Waals surface area (Å²) in [5.74, 6) is 1.27. The second kappa shape index (κ2) is 7.96. The zero-order chi connectivity index (χ0) is 11.8. The molecule has 16 heavy (non-hydrogen) atoms. The fourth-order valence-electron chi connectivity index (χ4n) is 2.11. The zero-order valence-electron chi connectivity index (χ0n) is 10.5. The van der Waals surface area contributed by atoms with Crippen LogP contribution in [-0.2, 0) is 4.79 Å². The van der Waals surface area contributed by atoms with Gasteiger partial charge in [0.2, 0.25) is 5.91 Å². The molecule has 1 fully saturated rings. The molecular formula is C12H24N2OS. The van der Waals surface area contributed by atoms with Crippen LogP contribution < -0.4 is 5.32 Å². The molecule has 0 aliphatic carbocycles. The van der Waals surface area contributed by atoms with Crippen molar-refractivity contribution in [3.63, 3.8) is 0 Å². The van der Waals surface area contributed by atoms with Crippen LogP contribution >= 0.6 is 11.8 Å². The summed E-state index contributed by atoms with van der Waals surface area (Å²) in [6.07, 6.45) is 6.27. The molecule has 1 amide bonds. The van der Waals surface area contributed by atoms with Gasteiger partial charge in [-0.2, -0.15) is 11.8 Å². The summed E-state index contributed by atoms with van der Waals surface area (Å²) >= 11 is 1.75. The van der Waals surface area contributed by atoms with Crippen LogP contribution in [0.1, 0.15) is 32.6 Å². The van der Waals surface area contributed by atoms with Gasteiger partial charge < -0.3 is 10.2 Å². The molecule has 1 rings (SSSR count). The van der Waals surface area contributed by atoms with E-state index in [1.807, 2.05) is 4.90 Å². The van der Waals surface area contributed by atoms with Gasteiger partial charge in [-0.15, -0.1) is 0 Å². The lowest BCUT2D eigenvalue weighted by Crippen LogP contribution is -2.41. The van der Waals surface area contributed by atoms with E-state index in [0.717, 1.165) is 31.8 Å². The SMILES string of the molecule is CCCN(CC1CCCN1)C(=O)CCSC. The number of nitrogens with zero attached hydrogens (tertiary/aromatic N) is 1. The molecule has 0 bridgehead atoms. The van der Waals surface area contributed by atoms with Crippen LogP contribution in [0.5, 0.6) is 0 Å². The first-order chi connectivity index (χ1) is 7.77. The third-order valence-electron chi connectivity index (χ3n) is 2.97. The van der Waals surface area contributed by atoms with E-state index in [1.165, 1.54) is 12.8 Å². The summed E-state index contributed by atoms with van der Waals surface area (Å²) in [5.41, 5.74) is 0. The lowest BCUT2D eigenvalue weighted by Gasteiger charge is -2.25. The smallest absolute Gasteiger partial charge is 0.223 e. The fourth-order valence-corrected chi connectivity index (χ4v) is 2.49. The third-order valence-corrected chi connectivity index (χ3v) is 3.58. The van der Waals surface area contributed by atoms with Crippen LogP contribution in [0, 0.1) is 0 Å². The minimum absolute atomic E-state index is 0.324. The quantitative estimate of drug-likeness (QED) is 0.740. The summed E-state index contributed by atoms with van der Waals surface area (Å²) in [6, 6.07) is 0.532. The molecule has 1 saturated heterocycles. The molecule has 0 saturated carbocycles. The van der Waals surface area contributed by atoms with E-state index < -0.39 is 0 Å². The Balaban J connectivity index is 2.35. The number of carbonyl (C=O) groups is 1. The number of carbonyl (C=O) groups excluding carboxylic acids is 1. The van der Waals surface area contributed by atoms with Crippen LogP contribution in [0.3, 0.4) is 0 Å². The van der Waals surface area contributed by atoms with Crippen molar-refractivity contribution in [2.45, 2.75) is 38.6 Å². The standard InChI is InChI=1S/C12H24N2OS/c1-3-8-14(12(15)6-9-16-2)10-11-5-4-7-13-11/h11,13H,3-10H2,1-2H3. The van der Waals surface area contributed by atoms with Gasteiger partial charge in [0, 0.05) is 31.3 Å². The van der Waals surface area contributed by atoms with Gasteiger partial charge in [-0.1, -0.05) is 6.92 Å². The Morgan fingerprint density at radius 2 is 2.38 bits per heavy atom. The average molecular weight is 244 g/mol. The fraction of sp³-hybridized carbons (Fsp3) is 0.917. The first-order valence-corrected chi connectivity index (χ1v) is 7.67. The number of amides is 1. The minimum atomic E-state index is 0.324. The van der Waals surface area contributed by atoms with E-state index in [4.69, 9.17) is 0 Å². The van der Waals surface area contributed by atoms with Gasteiger partial charge in [-0.25, -0.2) is 0 Å². The summed E-state index contributed by atoms with van der Waals surface area (Å²) in [7, 11) is 0. The maximum absolute atomic E-state index is 12.0. The van der Waals surface area contributed by atoms with Gasteiger partial charge in [-0.05, 0) is 32.1 Å². The van der Waals surface area contributed by atoms with Crippen LogP contribution in [0.2, 0.25) is 0 Å². The van der Waals surface area contributed by atoms with Gasteiger partial charge in [-0.3, -0.25) is 4.79 Å². The first-order valence-electron chi connectivity index (χ1n) is 6.28. The van der Waals surface area contributed by atoms with Crippen LogP contribution in [0.4, 0.5) is 0 Å². The molecule has 1 aliphatic rings. The zero-order valence-corrected chi connectivity index (χ0v) is 11.3. The second-order valence-electron chi connectivity index (χ2n) is 4.38. The van der Waals surface area contributed by atoms with Gasteiger partial charge in [0.15, 0.2) is 0 Å². The summed E-state index contributed by atoms with van der Waals surface area (Å²) in [4.78, 5) is 14.0. The highest BCUT2D eigenvalue weighted by atomic mass is 32.2. The van der Waals surface area contributed by atoms with Crippen LogP contribution in [-0.4, -0.2) is 48.5 Å². The van der Waals surface area contributed by atoms with Crippen molar-refractivity contribution in [1.29, 1.82) is 0 Å². The molecule has 1 aliphatic heterocycles. The molecule has 3 nitrogen and oxygen atoms in total. The molecule has 94 valence electrons. The van der Waals surface area contributed by atoms with Crippen molar-refractivity contribution >= 4 is 17.7 Å². The lowest BCUT2D eigenvalue weighted by molar-refractivity contribution is -0.131. The van der Waals surface area contributed by atoms with E-state index in [9.17, 15) is 4.79 Å². The largest absolute Gasteiger partial charge is 0.341 e. The molecule has 1 atom stereocenters. The molecule has 0 radical (unpaired) electrons. The van der Waals surface area contributed by atoms with Gasteiger partial charge >= 0.3 is 0 Å². The van der Waals surface area contributed by atoms with Crippen molar-refractivity contribution in [3.8, 4) is 0 Å². The molecule has 0 spiro atoms. The number of nitrogens with one attached hydrogen (secondary N) is 1. The van der Waals surface area contributed by atoms with Gasteiger partial charge in [0.1, 0.15) is 0 Å². The maximum Gasteiger partial charge on any atom is 0.223 e. The normalized spacial score (nSPS) is 20.0. The van der Waals surface area contributed by atoms with Crippen LogP contribution in [0.15, 0.2) is 0 Å². The Hall–Kier alpha value is -0.220. The number of thioether (sulfide) groups is 1. The van der Waals surface area contributed by atoms with Crippen molar-refractivity contribution in [2.75, 3.05) is 31.6 Å². The molecule has 0 aromatic carbocycles. The molecule has 0 aromatic rings. The molecule has 0 aromatic heterocycles. The lowest BCUT2D eigenvalue weighted by atomic mass is 10.2. The highest BCUT2D eigenvalue weighted by Crippen LogP contribution is 2.09.